The lowest BCUT2D eigenvalue weighted by molar-refractivity contribution is 0.102. The topological polar surface area (TPSA) is 65.6 Å². The molecule has 0 fully saturated rings. The van der Waals surface area contributed by atoms with Crippen molar-refractivity contribution < 1.29 is 4.79 Å². The maximum atomic E-state index is 12.4. The average Bonchev–Trinajstić information content (AvgIpc) is 2.69. The summed E-state index contributed by atoms with van der Waals surface area (Å²) in [7, 11) is 3.50. The van der Waals surface area contributed by atoms with E-state index in [4.69, 9.17) is 0 Å². The molecule has 17 heavy (non-hydrogen) atoms. The monoisotopic (exact) mass is 297 g/mol. The van der Waals surface area contributed by atoms with Gasteiger partial charge in [-0.2, -0.15) is 5.10 Å². The number of aryl methyl sites for hydroxylation is 3. The normalized spacial score (nSPS) is 10.9. The summed E-state index contributed by atoms with van der Waals surface area (Å²) in [6.07, 6.45) is 0. The summed E-state index contributed by atoms with van der Waals surface area (Å²) in [6.45, 7) is 3.68. The SMILES string of the molecule is Cc1nn(C)c(C)c1C(=O)c1c(Br)nnn1C. The molecule has 90 valence electrons. The van der Waals surface area contributed by atoms with Gasteiger partial charge in [-0.25, -0.2) is 4.68 Å². The number of hydrogen-bond donors (Lipinski definition) is 0. The molecule has 0 N–H and O–H groups in total. The highest BCUT2D eigenvalue weighted by Crippen LogP contribution is 2.20. The average molecular weight is 298 g/mol. The van der Waals surface area contributed by atoms with Gasteiger partial charge in [-0.1, -0.05) is 5.21 Å². The maximum Gasteiger partial charge on any atom is 0.217 e. The second-order valence-electron chi connectivity index (χ2n) is 3.85. The molecule has 0 atom stereocenters. The van der Waals surface area contributed by atoms with Gasteiger partial charge in [-0.3, -0.25) is 9.48 Å². The van der Waals surface area contributed by atoms with Crippen LogP contribution in [0.5, 0.6) is 0 Å². The van der Waals surface area contributed by atoms with E-state index in [2.05, 4.69) is 31.3 Å². The van der Waals surface area contributed by atoms with E-state index < -0.39 is 0 Å². The fourth-order valence-corrected chi connectivity index (χ4v) is 2.30. The standard InChI is InChI=1S/C10H12BrN5O/c1-5-7(6(2)15(3)13-5)9(17)8-10(11)12-14-16(8)4/h1-4H3. The van der Waals surface area contributed by atoms with Crippen LogP contribution in [0.3, 0.4) is 0 Å². The Bertz CT molecular complexity index is 579. The second-order valence-corrected chi connectivity index (χ2v) is 4.60. The highest BCUT2D eigenvalue weighted by Gasteiger charge is 2.24. The number of hydrogen-bond acceptors (Lipinski definition) is 4. The lowest BCUT2D eigenvalue weighted by Gasteiger charge is -2.01. The quantitative estimate of drug-likeness (QED) is 0.780. The molecule has 7 heteroatoms. The van der Waals surface area contributed by atoms with E-state index >= 15 is 0 Å². The molecule has 2 heterocycles. The van der Waals surface area contributed by atoms with Crippen LogP contribution in [-0.4, -0.2) is 30.6 Å². The Balaban J connectivity index is 2.59. The number of halogens is 1. The van der Waals surface area contributed by atoms with Gasteiger partial charge < -0.3 is 0 Å². The molecular formula is C10H12BrN5O. The van der Waals surface area contributed by atoms with Crippen LogP contribution in [0.2, 0.25) is 0 Å². The Kier molecular flexibility index (Phi) is 2.86. The first kappa shape index (κ1) is 12.0. The molecule has 0 aliphatic rings. The molecule has 0 amide bonds. The third kappa shape index (κ3) is 1.80. The predicted molar refractivity (Wildman–Crippen MR) is 64.8 cm³/mol. The molecule has 0 radical (unpaired) electrons. The van der Waals surface area contributed by atoms with Gasteiger partial charge in [0.05, 0.1) is 11.3 Å². The Morgan fingerprint density at radius 1 is 1.24 bits per heavy atom. The third-order valence-corrected chi connectivity index (χ3v) is 3.27. The van der Waals surface area contributed by atoms with Crippen LogP contribution < -0.4 is 0 Å². The Morgan fingerprint density at radius 2 is 1.88 bits per heavy atom. The third-order valence-electron chi connectivity index (χ3n) is 2.74. The van der Waals surface area contributed by atoms with Crippen LogP contribution in [0.4, 0.5) is 0 Å². The van der Waals surface area contributed by atoms with Gasteiger partial charge in [0, 0.05) is 19.8 Å². The van der Waals surface area contributed by atoms with Gasteiger partial charge in [-0.05, 0) is 29.8 Å². The smallest absolute Gasteiger partial charge is 0.217 e. The highest BCUT2D eigenvalue weighted by atomic mass is 79.9. The van der Waals surface area contributed by atoms with E-state index in [1.165, 1.54) is 4.68 Å². The molecule has 0 aliphatic carbocycles. The van der Waals surface area contributed by atoms with Crippen molar-refractivity contribution in [3.8, 4) is 0 Å². The van der Waals surface area contributed by atoms with Crippen molar-refractivity contribution in [1.29, 1.82) is 0 Å². The fourth-order valence-electron chi connectivity index (χ4n) is 1.79. The minimum absolute atomic E-state index is 0.118. The van der Waals surface area contributed by atoms with Crippen molar-refractivity contribution in [3.63, 3.8) is 0 Å². The zero-order valence-corrected chi connectivity index (χ0v) is 11.6. The van der Waals surface area contributed by atoms with Crippen LogP contribution in [0.15, 0.2) is 4.60 Å². The highest BCUT2D eigenvalue weighted by molar-refractivity contribution is 9.10. The van der Waals surface area contributed by atoms with Gasteiger partial charge in [0.1, 0.15) is 5.69 Å². The Morgan fingerprint density at radius 3 is 2.29 bits per heavy atom. The molecular weight excluding hydrogens is 286 g/mol. The number of carbonyl (C=O) groups excluding carboxylic acids is 1. The first-order valence-electron chi connectivity index (χ1n) is 5.03. The molecule has 0 saturated carbocycles. The van der Waals surface area contributed by atoms with Gasteiger partial charge in [0.15, 0.2) is 4.60 Å². The van der Waals surface area contributed by atoms with E-state index in [9.17, 15) is 4.79 Å². The minimum atomic E-state index is -0.118. The van der Waals surface area contributed by atoms with Gasteiger partial charge in [-0.15, -0.1) is 5.10 Å². The molecule has 6 nitrogen and oxygen atoms in total. The van der Waals surface area contributed by atoms with Crippen LogP contribution in [-0.2, 0) is 14.1 Å². The number of ketones is 1. The molecule has 0 unspecified atom stereocenters. The van der Waals surface area contributed by atoms with E-state index in [1.807, 2.05) is 20.9 Å². The zero-order valence-electron chi connectivity index (χ0n) is 10.0. The number of nitrogens with zero attached hydrogens (tertiary/aromatic N) is 5. The first-order valence-corrected chi connectivity index (χ1v) is 5.82. The summed E-state index contributed by atoms with van der Waals surface area (Å²) < 4.78 is 3.60. The molecule has 2 aromatic heterocycles. The summed E-state index contributed by atoms with van der Waals surface area (Å²) >= 11 is 3.23. The van der Waals surface area contributed by atoms with Crippen LogP contribution in [0.1, 0.15) is 27.4 Å². The second kappa shape index (κ2) is 4.06. The summed E-state index contributed by atoms with van der Waals surface area (Å²) in [5.74, 6) is -0.118. The summed E-state index contributed by atoms with van der Waals surface area (Å²) in [5.41, 5.74) is 2.59. The molecule has 0 spiro atoms. The number of rotatable bonds is 2. The molecule has 0 aromatic carbocycles. The first-order chi connectivity index (χ1) is 7.93. The van der Waals surface area contributed by atoms with Crippen LogP contribution in [0, 0.1) is 13.8 Å². The maximum absolute atomic E-state index is 12.4. The van der Waals surface area contributed by atoms with Crippen molar-refractivity contribution in [1.82, 2.24) is 24.8 Å². The van der Waals surface area contributed by atoms with Gasteiger partial charge in [0.2, 0.25) is 5.78 Å². The molecule has 0 bridgehead atoms. The lowest BCUT2D eigenvalue weighted by atomic mass is 10.1. The zero-order chi connectivity index (χ0) is 12.7. The number of carbonyl (C=O) groups is 1. The Hall–Kier alpha value is -1.50. The van der Waals surface area contributed by atoms with E-state index in [-0.39, 0.29) is 5.78 Å². The summed E-state index contributed by atoms with van der Waals surface area (Å²) in [4.78, 5) is 12.4. The minimum Gasteiger partial charge on any atom is -0.287 e. The van der Waals surface area contributed by atoms with Gasteiger partial charge in [0.25, 0.3) is 0 Å². The van der Waals surface area contributed by atoms with Crippen molar-refractivity contribution in [2.24, 2.45) is 14.1 Å². The van der Waals surface area contributed by atoms with E-state index in [0.717, 1.165) is 5.69 Å². The molecule has 2 rings (SSSR count). The summed E-state index contributed by atoms with van der Waals surface area (Å²) in [5, 5.41) is 11.8. The fraction of sp³-hybridized carbons (Fsp3) is 0.400. The number of aromatic nitrogens is 5. The van der Waals surface area contributed by atoms with Crippen LogP contribution >= 0.6 is 15.9 Å². The van der Waals surface area contributed by atoms with E-state index in [1.54, 1.807) is 11.7 Å². The molecule has 0 aliphatic heterocycles. The molecule has 0 saturated heterocycles. The van der Waals surface area contributed by atoms with E-state index in [0.29, 0.717) is 21.6 Å². The molecule has 2 aromatic rings. The van der Waals surface area contributed by atoms with Crippen molar-refractivity contribution in [2.45, 2.75) is 13.8 Å². The van der Waals surface area contributed by atoms with Crippen molar-refractivity contribution in [3.05, 3.63) is 27.2 Å². The predicted octanol–water partition coefficient (Wildman–Crippen LogP) is 1.16. The Labute approximate surface area is 107 Å². The van der Waals surface area contributed by atoms with Crippen molar-refractivity contribution in [2.75, 3.05) is 0 Å². The van der Waals surface area contributed by atoms with Crippen LogP contribution in [0.25, 0.3) is 0 Å². The largest absolute Gasteiger partial charge is 0.287 e. The lowest BCUT2D eigenvalue weighted by Crippen LogP contribution is -2.11. The van der Waals surface area contributed by atoms with Crippen molar-refractivity contribution >= 4 is 21.7 Å². The summed E-state index contributed by atoms with van der Waals surface area (Å²) in [6, 6.07) is 0. The van der Waals surface area contributed by atoms with Gasteiger partial charge >= 0.3 is 0 Å².